The largest absolute Gasteiger partial charge is 0.508 e. The van der Waals surface area contributed by atoms with Crippen molar-refractivity contribution >= 4 is 5.57 Å². The van der Waals surface area contributed by atoms with E-state index in [-0.39, 0.29) is 11.5 Å². The SMILES string of the molecule is C[C@]12CCC3=C([C@H](c4ccccc4)Cc4cc(O)ccc43)[C@@H]1C[C@@H](O)C2. The van der Waals surface area contributed by atoms with Crippen molar-refractivity contribution in [3.05, 3.63) is 70.8 Å². The lowest BCUT2D eigenvalue weighted by Crippen LogP contribution is -2.33. The molecule has 2 nitrogen and oxygen atoms in total. The molecule has 3 aliphatic carbocycles. The average Bonchev–Trinajstić information content (AvgIpc) is 2.95. The van der Waals surface area contributed by atoms with Crippen molar-refractivity contribution in [1.29, 1.82) is 0 Å². The third-order valence-electron chi connectivity index (χ3n) is 7.14. The Bertz CT molecular complexity index is 882. The van der Waals surface area contributed by atoms with Crippen LogP contribution in [0.1, 0.15) is 55.2 Å². The molecule has 2 heteroatoms. The number of aliphatic hydroxyl groups is 1. The summed E-state index contributed by atoms with van der Waals surface area (Å²) < 4.78 is 0. The van der Waals surface area contributed by atoms with Gasteiger partial charge in [-0.15, -0.1) is 0 Å². The summed E-state index contributed by atoms with van der Waals surface area (Å²) in [5, 5.41) is 20.5. The normalized spacial score (nSPS) is 32.8. The van der Waals surface area contributed by atoms with E-state index in [4.69, 9.17) is 0 Å². The highest BCUT2D eigenvalue weighted by Gasteiger charge is 2.50. The molecule has 5 rings (SSSR count). The topological polar surface area (TPSA) is 40.5 Å². The Morgan fingerprint density at radius 1 is 1.08 bits per heavy atom. The van der Waals surface area contributed by atoms with E-state index in [1.54, 1.807) is 5.57 Å². The predicted molar refractivity (Wildman–Crippen MR) is 104 cm³/mol. The van der Waals surface area contributed by atoms with Crippen molar-refractivity contribution in [3.8, 4) is 5.75 Å². The van der Waals surface area contributed by atoms with Crippen molar-refractivity contribution < 1.29 is 10.2 Å². The molecule has 0 saturated heterocycles. The summed E-state index contributed by atoms with van der Waals surface area (Å²) in [7, 11) is 0. The zero-order chi connectivity index (χ0) is 17.9. The third kappa shape index (κ3) is 2.35. The molecule has 134 valence electrons. The van der Waals surface area contributed by atoms with Crippen LogP contribution in [0.25, 0.3) is 5.57 Å². The van der Waals surface area contributed by atoms with Gasteiger partial charge in [0.25, 0.3) is 0 Å². The minimum absolute atomic E-state index is 0.172. The van der Waals surface area contributed by atoms with Crippen LogP contribution in [-0.2, 0) is 6.42 Å². The maximum Gasteiger partial charge on any atom is 0.115 e. The number of aliphatic hydroxyl groups excluding tert-OH is 1. The summed E-state index contributed by atoms with van der Waals surface area (Å²) in [4.78, 5) is 0. The summed E-state index contributed by atoms with van der Waals surface area (Å²) in [6.45, 7) is 2.38. The van der Waals surface area contributed by atoms with Crippen LogP contribution in [0.4, 0.5) is 0 Å². The monoisotopic (exact) mass is 346 g/mol. The van der Waals surface area contributed by atoms with Gasteiger partial charge < -0.3 is 10.2 Å². The smallest absolute Gasteiger partial charge is 0.115 e. The fourth-order valence-corrected chi connectivity index (χ4v) is 5.96. The number of rotatable bonds is 1. The second-order valence-corrected chi connectivity index (χ2v) is 8.74. The van der Waals surface area contributed by atoms with Gasteiger partial charge in [-0.05, 0) is 77.8 Å². The van der Waals surface area contributed by atoms with Gasteiger partial charge in [-0.2, -0.15) is 0 Å². The highest BCUT2D eigenvalue weighted by atomic mass is 16.3. The van der Waals surface area contributed by atoms with Gasteiger partial charge in [-0.1, -0.05) is 48.9 Å². The molecule has 0 amide bonds. The van der Waals surface area contributed by atoms with E-state index in [2.05, 4.69) is 43.3 Å². The van der Waals surface area contributed by atoms with Crippen LogP contribution in [0.15, 0.2) is 54.1 Å². The van der Waals surface area contributed by atoms with E-state index >= 15 is 0 Å². The maximum atomic E-state index is 10.4. The number of phenolic OH excluding ortho intramolecular Hbond substituents is 1. The molecule has 2 aromatic carbocycles. The second-order valence-electron chi connectivity index (χ2n) is 8.74. The Morgan fingerprint density at radius 3 is 2.69 bits per heavy atom. The number of fused-ring (bicyclic) bond motifs is 4. The Balaban J connectivity index is 1.72. The molecule has 0 unspecified atom stereocenters. The van der Waals surface area contributed by atoms with E-state index in [1.165, 1.54) is 22.3 Å². The molecular formula is C24H26O2. The van der Waals surface area contributed by atoms with Gasteiger partial charge in [-0.3, -0.25) is 0 Å². The molecule has 1 saturated carbocycles. The maximum absolute atomic E-state index is 10.4. The van der Waals surface area contributed by atoms with Gasteiger partial charge >= 0.3 is 0 Å². The van der Waals surface area contributed by atoms with Gasteiger partial charge in [0.15, 0.2) is 0 Å². The van der Waals surface area contributed by atoms with E-state index in [1.807, 2.05) is 12.1 Å². The fraction of sp³-hybridized carbons (Fsp3) is 0.417. The lowest BCUT2D eigenvalue weighted by molar-refractivity contribution is 0.159. The van der Waals surface area contributed by atoms with Crippen LogP contribution in [0.3, 0.4) is 0 Å². The first-order chi connectivity index (χ1) is 12.5. The zero-order valence-electron chi connectivity index (χ0n) is 15.3. The second kappa shape index (κ2) is 5.72. The average molecular weight is 346 g/mol. The Hall–Kier alpha value is -2.06. The first-order valence-corrected chi connectivity index (χ1v) is 9.83. The molecule has 0 aliphatic heterocycles. The first-order valence-electron chi connectivity index (χ1n) is 9.83. The summed E-state index contributed by atoms with van der Waals surface area (Å²) in [5.74, 6) is 1.18. The molecule has 4 atom stereocenters. The highest BCUT2D eigenvalue weighted by Crippen LogP contribution is 2.60. The molecule has 0 heterocycles. The highest BCUT2D eigenvalue weighted by molar-refractivity contribution is 5.77. The van der Waals surface area contributed by atoms with Crippen LogP contribution in [-0.4, -0.2) is 16.3 Å². The Morgan fingerprint density at radius 2 is 1.88 bits per heavy atom. The van der Waals surface area contributed by atoms with Crippen molar-refractivity contribution in [2.24, 2.45) is 11.3 Å². The van der Waals surface area contributed by atoms with E-state index < -0.39 is 0 Å². The van der Waals surface area contributed by atoms with Gasteiger partial charge in [0.1, 0.15) is 5.75 Å². The molecule has 2 N–H and O–H groups in total. The van der Waals surface area contributed by atoms with Gasteiger partial charge in [-0.25, -0.2) is 0 Å². The Labute approximate surface area is 155 Å². The van der Waals surface area contributed by atoms with Crippen molar-refractivity contribution in [2.45, 2.75) is 51.0 Å². The van der Waals surface area contributed by atoms with Gasteiger partial charge in [0.05, 0.1) is 6.10 Å². The number of hydrogen-bond acceptors (Lipinski definition) is 2. The molecule has 0 aromatic heterocycles. The van der Waals surface area contributed by atoms with E-state index in [9.17, 15) is 10.2 Å². The molecular weight excluding hydrogens is 320 g/mol. The number of phenols is 1. The summed E-state index contributed by atoms with van der Waals surface area (Å²) in [6.07, 6.45) is 4.82. The third-order valence-corrected chi connectivity index (χ3v) is 7.14. The van der Waals surface area contributed by atoms with Crippen molar-refractivity contribution in [3.63, 3.8) is 0 Å². The number of allylic oxidation sites excluding steroid dienone is 2. The predicted octanol–water partition coefficient (Wildman–Crippen LogP) is 5.06. The molecule has 0 spiro atoms. The number of aromatic hydroxyl groups is 1. The lowest BCUT2D eigenvalue weighted by atomic mass is 9.59. The summed E-state index contributed by atoms with van der Waals surface area (Å²) in [6, 6.07) is 16.7. The number of hydrogen-bond donors (Lipinski definition) is 2. The first kappa shape index (κ1) is 16.1. The minimum Gasteiger partial charge on any atom is -0.508 e. The molecule has 3 aliphatic rings. The molecule has 1 fully saturated rings. The molecule has 26 heavy (non-hydrogen) atoms. The lowest BCUT2D eigenvalue weighted by Gasteiger charge is -2.45. The Kier molecular flexibility index (Phi) is 3.55. The zero-order valence-corrected chi connectivity index (χ0v) is 15.3. The van der Waals surface area contributed by atoms with Crippen LogP contribution in [0.2, 0.25) is 0 Å². The quantitative estimate of drug-likeness (QED) is 0.758. The van der Waals surface area contributed by atoms with Crippen LogP contribution in [0.5, 0.6) is 5.75 Å². The molecule has 0 radical (unpaired) electrons. The minimum atomic E-state index is -0.172. The van der Waals surface area contributed by atoms with Crippen LogP contribution < -0.4 is 0 Å². The number of benzene rings is 2. The van der Waals surface area contributed by atoms with Crippen molar-refractivity contribution in [2.75, 3.05) is 0 Å². The van der Waals surface area contributed by atoms with E-state index in [0.29, 0.717) is 17.6 Å². The van der Waals surface area contributed by atoms with Gasteiger partial charge in [0.2, 0.25) is 0 Å². The standard InChI is InChI=1S/C24H26O2/c1-24-10-9-20-19-8-7-17(25)11-16(19)12-21(15-5-3-2-4-6-15)23(20)22(24)13-18(26)14-24/h2-8,11,18,21-22,25-26H,9-10,12-14H2,1H3/t18-,21+,22+,24-/m1/s1. The van der Waals surface area contributed by atoms with E-state index in [0.717, 1.165) is 32.1 Å². The van der Waals surface area contributed by atoms with Crippen LogP contribution >= 0.6 is 0 Å². The molecule has 2 aromatic rings. The summed E-state index contributed by atoms with van der Waals surface area (Å²) >= 11 is 0. The molecule has 0 bridgehead atoms. The fourth-order valence-electron chi connectivity index (χ4n) is 5.96. The van der Waals surface area contributed by atoms with Gasteiger partial charge in [0, 0.05) is 5.92 Å². The van der Waals surface area contributed by atoms with Crippen molar-refractivity contribution in [1.82, 2.24) is 0 Å². The van der Waals surface area contributed by atoms with Crippen LogP contribution in [0, 0.1) is 11.3 Å². The summed E-state index contributed by atoms with van der Waals surface area (Å²) in [5.41, 5.74) is 7.23.